The molecule has 1 aromatic rings. The van der Waals surface area contributed by atoms with E-state index >= 15 is 0 Å². The first kappa shape index (κ1) is 19.3. The molecule has 7 heteroatoms. The highest BCUT2D eigenvalue weighted by Crippen LogP contribution is 2.26. The fourth-order valence-electron chi connectivity index (χ4n) is 2.59. The largest absolute Gasteiger partial charge is 0.616 e. The van der Waals surface area contributed by atoms with Crippen molar-refractivity contribution in [1.82, 2.24) is 9.78 Å². The molecular formula is C17H29N3O3S. The number of aromatic nitrogens is 2. The third-order valence-corrected chi connectivity index (χ3v) is 6.67. The SMILES string of the molecule is CC(C)c1cc(NC(=O)C(C)(C)[S+]([O-])CC2CCOCC2)n(C)n1. The van der Waals surface area contributed by atoms with Gasteiger partial charge < -0.3 is 14.6 Å². The lowest BCUT2D eigenvalue weighted by atomic mass is 10.0. The van der Waals surface area contributed by atoms with E-state index in [4.69, 9.17) is 4.74 Å². The maximum Gasteiger partial charge on any atom is 0.281 e. The van der Waals surface area contributed by atoms with Crippen molar-refractivity contribution in [2.75, 3.05) is 24.3 Å². The molecule has 0 aliphatic carbocycles. The van der Waals surface area contributed by atoms with Gasteiger partial charge in [-0.05, 0) is 43.8 Å². The molecule has 136 valence electrons. The molecule has 0 aromatic carbocycles. The predicted octanol–water partition coefficient (Wildman–Crippen LogP) is 2.44. The van der Waals surface area contributed by atoms with Crippen LogP contribution in [0.4, 0.5) is 5.82 Å². The van der Waals surface area contributed by atoms with Gasteiger partial charge in [0.25, 0.3) is 5.91 Å². The molecule has 1 N–H and O–H groups in total. The minimum absolute atomic E-state index is 0.230. The van der Waals surface area contributed by atoms with Crippen molar-refractivity contribution in [1.29, 1.82) is 0 Å². The Hall–Kier alpha value is -1.05. The van der Waals surface area contributed by atoms with Crippen LogP contribution in [0.15, 0.2) is 6.07 Å². The fourth-order valence-corrected chi connectivity index (χ4v) is 4.03. The number of hydrogen-bond donors (Lipinski definition) is 1. The fraction of sp³-hybridized carbons (Fsp3) is 0.765. The summed E-state index contributed by atoms with van der Waals surface area (Å²) in [5, 5.41) is 7.28. The molecule has 1 aromatic heterocycles. The Morgan fingerprint density at radius 3 is 2.67 bits per heavy atom. The van der Waals surface area contributed by atoms with Crippen LogP contribution >= 0.6 is 0 Å². The molecule has 6 nitrogen and oxygen atoms in total. The Kier molecular flexibility index (Phi) is 6.33. The summed E-state index contributed by atoms with van der Waals surface area (Å²) in [5.74, 6) is 1.62. The van der Waals surface area contributed by atoms with Crippen LogP contribution in [0, 0.1) is 5.92 Å². The van der Waals surface area contributed by atoms with Gasteiger partial charge in [0.2, 0.25) is 0 Å². The second kappa shape index (κ2) is 7.89. The van der Waals surface area contributed by atoms with Crippen molar-refractivity contribution in [3.05, 3.63) is 11.8 Å². The number of carbonyl (C=O) groups is 1. The standard InChI is InChI=1S/C17H29N3O3S/c1-12(2)14-10-15(20(5)19-14)18-16(21)17(3,4)24(22)11-13-6-8-23-9-7-13/h10,12-13H,6-9,11H2,1-5H3,(H,18,21). The number of nitrogens with zero attached hydrogens (tertiary/aromatic N) is 2. The van der Waals surface area contributed by atoms with Crippen LogP contribution in [0.25, 0.3) is 0 Å². The number of amides is 1. The Bertz CT molecular complexity index is 565. The molecule has 1 saturated heterocycles. The maximum absolute atomic E-state index is 12.8. The van der Waals surface area contributed by atoms with E-state index in [2.05, 4.69) is 24.3 Å². The van der Waals surface area contributed by atoms with Gasteiger partial charge >= 0.3 is 0 Å². The number of hydrogen-bond acceptors (Lipinski definition) is 4. The zero-order chi connectivity index (χ0) is 17.9. The quantitative estimate of drug-likeness (QED) is 0.795. The van der Waals surface area contributed by atoms with E-state index in [1.807, 2.05) is 6.07 Å². The first-order chi connectivity index (χ1) is 11.2. The normalized spacial score (nSPS) is 18.0. The van der Waals surface area contributed by atoms with Gasteiger partial charge in [0.05, 0.1) is 5.69 Å². The number of anilines is 1. The van der Waals surface area contributed by atoms with Crippen LogP contribution in [0.5, 0.6) is 0 Å². The third kappa shape index (κ3) is 4.52. The first-order valence-corrected chi connectivity index (χ1v) is 9.85. The molecule has 1 aliphatic rings. The number of carbonyl (C=O) groups excluding carboxylic acids is 1. The second-order valence-electron chi connectivity index (χ2n) is 7.27. The summed E-state index contributed by atoms with van der Waals surface area (Å²) < 4.78 is 18.8. The minimum Gasteiger partial charge on any atom is -0.616 e. The molecular weight excluding hydrogens is 326 g/mol. The summed E-state index contributed by atoms with van der Waals surface area (Å²) in [6, 6.07) is 1.88. The molecule has 1 unspecified atom stereocenters. The molecule has 0 radical (unpaired) electrons. The Balaban J connectivity index is 2.00. The summed E-state index contributed by atoms with van der Waals surface area (Å²) in [6.07, 6.45) is 1.84. The van der Waals surface area contributed by atoms with E-state index in [0.29, 0.717) is 17.5 Å². The van der Waals surface area contributed by atoms with Gasteiger partial charge in [-0.15, -0.1) is 0 Å². The van der Waals surface area contributed by atoms with Crippen molar-refractivity contribution < 1.29 is 14.1 Å². The van der Waals surface area contributed by atoms with Gasteiger partial charge in [0.15, 0.2) is 4.75 Å². The van der Waals surface area contributed by atoms with Crippen molar-refractivity contribution in [2.24, 2.45) is 13.0 Å². The number of ether oxygens (including phenoxy) is 1. The van der Waals surface area contributed by atoms with E-state index in [-0.39, 0.29) is 11.8 Å². The van der Waals surface area contributed by atoms with Gasteiger partial charge in [0, 0.05) is 32.2 Å². The average Bonchev–Trinajstić information content (AvgIpc) is 2.89. The van der Waals surface area contributed by atoms with Gasteiger partial charge in [-0.2, -0.15) is 5.10 Å². The first-order valence-electron chi connectivity index (χ1n) is 8.53. The van der Waals surface area contributed by atoms with Crippen molar-refractivity contribution in [3.8, 4) is 0 Å². The summed E-state index contributed by atoms with van der Waals surface area (Å²) in [6.45, 7) is 9.06. The van der Waals surface area contributed by atoms with Crippen LogP contribution in [0.2, 0.25) is 0 Å². The summed E-state index contributed by atoms with van der Waals surface area (Å²) in [5.41, 5.74) is 0.925. The summed E-state index contributed by atoms with van der Waals surface area (Å²) in [7, 11) is 1.80. The highest BCUT2D eigenvalue weighted by molar-refractivity contribution is 7.93. The molecule has 2 rings (SSSR count). The van der Waals surface area contributed by atoms with Gasteiger partial charge in [-0.25, -0.2) is 0 Å². The molecule has 0 spiro atoms. The second-order valence-corrected chi connectivity index (χ2v) is 9.31. The highest BCUT2D eigenvalue weighted by Gasteiger charge is 2.41. The summed E-state index contributed by atoms with van der Waals surface area (Å²) in [4.78, 5) is 12.7. The lowest BCUT2D eigenvalue weighted by Crippen LogP contribution is -2.47. The zero-order valence-corrected chi connectivity index (χ0v) is 16.1. The number of aryl methyl sites for hydroxylation is 1. The number of nitrogens with one attached hydrogen (secondary N) is 1. The molecule has 1 aliphatic heterocycles. The van der Waals surface area contributed by atoms with Crippen molar-refractivity contribution in [3.63, 3.8) is 0 Å². The zero-order valence-electron chi connectivity index (χ0n) is 15.3. The van der Waals surface area contributed by atoms with Crippen molar-refractivity contribution in [2.45, 2.75) is 51.2 Å². The average molecular weight is 356 g/mol. The molecule has 24 heavy (non-hydrogen) atoms. The van der Waals surface area contributed by atoms with Gasteiger partial charge in [-0.3, -0.25) is 9.48 Å². The van der Waals surface area contributed by atoms with E-state index in [0.717, 1.165) is 31.7 Å². The molecule has 2 heterocycles. The Morgan fingerprint density at radius 1 is 1.50 bits per heavy atom. The van der Waals surface area contributed by atoms with Crippen molar-refractivity contribution >= 4 is 22.9 Å². The van der Waals surface area contributed by atoms with Crippen LogP contribution in [-0.4, -0.2) is 44.0 Å². The number of rotatable bonds is 6. The van der Waals surface area contributed by atoms with Crippen LogP contribution in [0.3, 0.4) is 0 Å². The van der Waals surface area contributed by atoms with Crippen LogP contribution < -0.4 is 5.32 Å². The third-order valence-electron chi connectivity index (χ3n) is 4.58. The van der Waals surface area contributed by atoms with Gasteiger partial charge in [-0.1, -0.05) is 13.8 Å². The van der Waals surface area contributed by atoms with Crippen LogP contribution in [0.1, 0.15) is 52.1 Å². The molecule has 1 amide bonds. The smallest absolute Gasteiger partial charge is 0.281 e. The molecule has 0 saturated carbocycles. The Labute approximate surface area is 147 Å². The van der Waals surface area contributed by atoms with Gasteiger partial charge in [0.1, 0.15) is 11.6 Å². The molecule has 0 bridgehead atoms. The predicted molar refractivity (Wildman–Crippen MR) is 96.6 cm³/mol. The van der Waals surface area contributed by atoms with E-state index in [9.17, 15) is 9.35 Å². The van der Waals surface area contributed by atoms with Crippen LogP contribution in [-0.2, 0) is 27.8 Å². The lowest BCUT2D eigenvalue weighted by molar-refractivity contribution is -0.117. The maximum atomic E-state index is 12.8. The lowest BCUT2D eigenvalue weighted by Gasteiger charge is -2.31. The van der Waals surface area contributed by atoms with E-state index < -0.39 is 15.9 Å². The van der Waals surface area contributed by atoms with E-state index in [1.54, 1.807) is 25.6 Å². The molecule has 1 fully saturated rings. The summed E-state index contributed by atoms with van der Waals surface area (Å²) >= 11 is -1.24. The Morgan fingerprint density at radius 2 is 2.12 bits per heavy atom. The molecule has 1 atom stereocenters. The van der Waals surface area contributed by atoms with E-state index in [1.165, 1.54) is 0 Å². The monoisotopic (exact) mass is 355 g/mol. The topological polar surface area (TPSA) is 79.2 Å². The minimum atomic E-state index is -1.24. The highest BCUT2D eigenvalue weighted by atomic mass is 32.2.